The molecule has 0 heterocycles. The van der Waals surface area contributed by atoms with Crippen molar-refractivity contribution in [2.24, 2.45) is 11.8 Å². The van der Waals surface area contributed by atoms with E-state index in [1.807, 2.05) is 11.8 Å². The second-order valence-electron chi connectivity index (χ2n) is 5.71. The molecule has 2 rings (SSSR count). The maximum Gasteiger partial charge on any atom is 0.393 e. The first-order chi connectivity index (χ1) is 8.41. The Morgan fingerprint density at radius 3 is 2.33 bits per heavy atom. The predicted molar refractivity (Wildman–Crippen MR) is 63.2 cm³/mol. The molecular formula is C13H22F3NO. The molecule has 18 heavy (non-hydrogen) atoms. The monoisotopic (exact) mass is 265 g/mol. The summed E-state index contributed by atoms with van der Waals surface area (Å²) < 4.78 is 39.2. The lowest BCUT2D eigenvalue weighted by Crippen LogP contribution is -2.51. The molecule has 3 atom stereocenters. The Morgan fingerprint density at radius 1 is 1.17 bits per heavy atom. The van der Waals surface area contributed by atoms with Crippen molar-refractivity contribution in [3.63, 3.8) is 0 Å². The van der Waals surface area contributed by atoms with E-state index >= 15 is 0 Å². The lowest BCUT2D eigenvalue weighted by Gasteiger charge is -2.42. The van der Waals surface area contributed by atoms with Gasteiger partial charge in [0.15, 0.2) is 0 Å². The van der Waals surface area contributed by atoms with E-state index in [1.54, 1.807) is 0 Å². The van der Waals surface area contributed by atoms with Crippen LogP contribution in [-0.2, 0) is 0 Å². The molecule has 0 radical (unpaired) electrons. The minimum absolute atomic E-state index is 0.0660. The lowest BCUT2D eigenvalue weighted by atomic mass is 9.81. The first-order valence-electron chi connectivity index (χ1n) is 6.90. The Balaban J connectivity index is 2.06. The van der Waals surface area contributed by atoms with Crippen LogP contribution < -0.4 is 0 Å². The Labute approximate surface area is 106 Å². The molecule has 0 aromatic carbocycles. The SMILES string of the molecule is CCN(CC1CC1)C1CC(O)CCC1C(F)(F)F. The third-order valence-electron chi connectivity index (χ3n) is 4.27. The molecule has 3 unspecified atom stereocenters. The van der Waals surface area contributed by atoms with Crippen molar-refractivity contribution in [2.45, 2.75) is 57.3 Å². The number of rotatable bonds is 4. The van der Waals surface area contributed by atoms with Crippen LogP contribution in [0.2, 0.25) is 0 Å². The summed E-state index contributed by atoms with van der Waals surface area (Å²) in [7, 11) is 0. The summed E-state index contributed by atoms with van der Waals surface area (Å²) in [4.78, 5) is 1.94. The molecule has 1 N–H and O–H groups in total. The van der Waals surface area contributed by atoms with Crippen molar-refractivity contribution in [1.29, 1.82) is 0 Å². The molecule has 2 aliphatic rings. The quantitative estimate of drug-likeness (QED) is 0.845. The Hall–Kier alpha value is -0.290. The zero-order chi connectivity index (χ0) is 13.3. The number of halogens is 3. The molecule has 2 aliphatic carbocycles. The molecule has 2 fully saturated rings. The van der Waals surface area contributed by atoms with E-state index in [9.17, 15) is 18.3 Å². The Kier molecular flexibility index (Phi) is 4.22. The van der Waals surface area contributed by atoms with E-state index in [1.165, 1.54) is 0 Å². The molecule has 0 spiro atoms. The molecule has 0 aromatic rings. The van der Waals surface area contributed by atoms with Gasteiger partial charge in [0.05, 0.1) is 12.0 Å². The van der Waals surface area contributed by atoms with Crippen LogP contribution in [0.15, 0.2) is 0 Å². The Bertz CT molecular complexity index is 278. The van der Waals surface area contributed by atoms with Gasteiger partial charge in [-0.2, -0.15) is 13.2 Å². The first-order valence-corrected chi connectivity index (χ1v) is 6.90. The van der Waals surface area contributed by atoms with Gasteiger partial charge in [0.2, 0.25) is 0 Å². The largest absolute Gasteiger partial charge is 0.393 e. The lowest BCUT2D eigenvalue weighted by molar-refractivity contribution is -0.205. The minimum atomic E-state index is -4.14. The van der Waals surface area contributed by atoms with Gasteiger partial charge in [0.1, 0.15) is 0 Å². The zero-order valence-electron chi connectivity index (χ0n) is 10.8. The van der Waals surface area contributed by atoms with Crippen LogP contribution >= 0.6 is 0 Å². The second kappa shape index (κ2) is 5.37. The van der Waals surface area contributed by atoms with Gasteiger partial charge in [-0.25, -0.2) is 0 Å². The number of aliphatic hydroxyl groups is 1. The van der Waals surface area contributed by atoms with Crippen LogP contribution in [0.4, 0.5) is 13.2 Å². The number of alkyl halides is 3. The number of hydrogen-bond donors (Lipinski definition) is 1. The Morgan fingerprint density at radius 2 is 1.83 bits per heavy atom. The fraction of sp³-hybridized carbons (Fsp3) is 1.00. The minimum Gasteiger partial charge on any atom is -0.393 e. The van der Waals surface area contributed by atoms with Crippen molar-refractivity contribution in [3.05, 3.63) is 0 Å². The van der Waals surface area contributed by atoms with E-state index < -0.39 is 24.2 Å². The number of nitrogens with zero attached hydrogens (tertiary/aromatic N) is 1. The van der Waals surface area contributed by atoms with E-state index in [2.05, 4.69) is 0 Å². The van der Waals surface area contributed by atoms with Crippen molar-refractivity contribution in [1.82, 2.24) is 4.90 Å². The molecule has 0 amide bonds. The van der Waals surface area contributed by atoms with Crippen LogP contribution in [0, 0.1) is 11.8 Å². The summed E-state index contributed by atoms with van der Waals surface area (Å²) >= 11 is 0. The highest BCUT2D eigenvalue weighted by molar-refractivity contribution is 4.92. The zero-order valence-corrected chi connectivity index (χ0v) is 10.8. The van der Waals surface area contributed by atoms with Gasteiger partial charge < -0.3 is 5.11 Å². The average molecular weight is 265 g/mol. The van der Waals surface area contributed by atoms with Gasteiger partial charge in [-0.05, 0) is 44.6 Å². The first kappa shape index (κ1) is 14.1. The van der Waals surface area contributed by atoms with Gasteiger partial charge in [-0.15, -0.1) is 0 Å². The highest BCUT2D eigenvalue weighted by Crippen LogP contribution is 2.41. The van der Waals surface area contributed by atoms with E-state index in [-0.39, 0.29) is 19.3 Å². The van der Waals surface area contributed by atoms with E-state index in [0.29, 0.717) is 12.5 Å². The smallest absolute Gasteiger partial charge is 0.393 e. The third kappa shape index (κ3) is 3.38. The van der Waals surface area contributed by atoms with Crippen molar-refractivity contribution >= 4 is 0 Å². The topological polar surface area (TPSA) is 23.5 Å². The molecule has 0 bridgehead atoms. The van der Waals surface area contributed by atoms with Crippen LogP contribution in [0.1, 0.15) is 39.0 Å². The molecular weight excluding hydrogens is 243 g/mol. The van der Waals surface area contributed by atoms with Crippen molar-refractivity contribution in [2.75, 3.05) is 13.1 Å². The highest BCUT2D eigenvalue weighted by atomic mass is 19.4. The summed E-state index contributed by atoms with van der Waals surface area (Å²) in [5, 5.41) is 9.66. The van der Waals surface area contributed by atoms with Crippen LogP contribution in [-0.4, -0.2) is 41.4 Å². The molecule has 0 saturated heterocycles. The molecule has 106 valence electrons. The van der Waals surface area contributed by atoms with Gasteiger partial charge in [-0.3, -0.25) is 4.90 Å². The van der Waals surface area contributed by atoms with Crippen LogP contribution in [0.3, 0.4) is 0 Å². The average Bonchev–Trinajstić information content (AvgIpc) is 3.07. The van der Waals surface area contributed by atoms with Crippen molar-refractivity contribution < 1.29 is 18.3 Å². The van der Waals surface area contributed by atoms with E-state index in [4.69, 9.17) is 0 Å². The van der Waals surface area contributed by atoms with E-state index in [0.717, 1.165) is 19.4 Å². The van der Waals surface area contributed by atoms with Crippen molar-refractivity contribution in [3.8, 4) is 0 Å². The molecule has 2 saturated carbocycles. The standard InChI is InChI=1S/C13H22F3NO/c1-2-17(8-9-3-4-9)12-7-10(18)5-6-11(12)13(14,15)16/h9-12,18H,2-8H2,1H3. The predicted octanol–water partition coefficient (Wildman–Crippen LogP) is 2.81. The van der Waals surface area contributed by atoms with Crippen LogP contribution in [0.5, 0.6) is 0 Å². The summed E-state index contributed by atoms with van der Waals surface area (Å²) in [5.41, 5.74) is 0. The number of hydrogen-bond acceptors (Lipinski definition) is 2. The normalized spacial score (nSPS) is 34.0. The summed E-state index contributed by atoms with van der Waals surface area (Å²) in [6.07, 6.45) is -1.81. The summed E-state index contributed by atoms with van der Waals surface area (Å²) in [6.45, 7) is 3.32. The van der Waals surface area contributed by atoms with Gasteiger partial charge in [-0.1, -0.05) is 6.92 Å². The summed E-state index contributed by atoms with van der Waals surface area (Å²) in [6, 6.07) is -0.528. The maximum absolute atomic E-state index is 13.1. The van der Waals surface area contributed by atoms with Gasteiger partial charge in [0.25, 0.3) is 0 Å². The maximum atomic E-state index is 13.1. The molecule has 0 aromatic heterocycles. The van der Waals surface area contributed by atoms with Crippen LogP contribution in [0.25, 0.3) is 0 Å². The third-order valence-corrected chi connectivity index (χ3v) is 4.27. The summed E-state index contributed by atoms with van der Waals surface area (Å²) in [5.74, 6) is -0.683. The van der Waals surface area contributed by atoms with Gasteiger partial charge in [0, 0.05) is 12.6 Å². The molecule has 5 heteroatoms. The fourth-order valence-electron chi connectivity index (χ4n) is 3.04. The molecule has 2 nitrogen and oxygen atoms in total. The second-order valence-corrected chi connectivity index (χ2v) is 5.71. The number of aliphatic hydroxyl groups excluding tert-OH is 1. The van der Waals surface area contributed by atoms with Gasteiger partial charge >= 0.3 is 6.18 Å². The highest BCUT2D eigenvalue weighted by Gasteiger charge is 2.49. The molecule has 0 aliphatic heterocycles. The fourth-order valence-corrected chi connectivity index (χ4v) is 3.04.